The van der Waals surface area contributed by atoms with Crippen LogP contribution in [-0.4, -0.2) is 56.7 Å². The largest absolute Gasteiger partial charge is 0.431 e. The molecule has 0 bridgehead atoms. The normalized spacial score (nSPS) is 49.9. The van der Waals surface area contributed by atoms with E-state index in [9.17, 15) is 20.1 Å². The lowest BCUT2D eigenvalue weighted by Crippen LogP contribution is -2.68. The average Bonchev–Trinajstić information content (AvgIpc) is 3.42. The van der Waals surface area contributed by atoms with Gasteiger partial charge in [0, 0.05) is 23.6 Å². The van der Waals surface area contributed by atoms with E-state index in [2.05, 4.69) is 18.7 Å². The zero-order valence-electron chi connectivity index (χ0n) is 21.4. The summed E-state index contributed by atoms with van der Waals surface area (Å²) in [5, 5.41) is 34.5. The van der Waals surface area contributed by atoms with Crippen molar-refractivity contribution in [1.29, 1.82) is 0 Å². The predicted octanol–water partition coefficient (Wildman–Crippen LogP) is 3.82. The highest BCUT2D eigenvalue weighted by molar-refractivity contribution is 5.28. The SMILES string of the molecule is C[C@]12CC[C@H](N3CCC[C@@H]3CO)C[C@@]1(O)CC[C@@H]1[C@@H]2CC[C@]2(C)[C@@H](c3ccc(=O)oc3)CC[C@]12O. The van der Waals surface area contributed by atoms with Gasteiger partial charge in [0.1, 0.15) is 0 Å². The number of hydrogen-bond acceptors (Lipinski definition) is 6. The molecule has 4 aliphatic carbocycles. The van der Waals surface area contributed by atoms with Crippen molar-refractivity contribution in [3.05, 3.63) is 34.4 Å². The van der Waals surface area contributed by atoms with E-state index in [-0.39, 0.29) is 40.9 Å². The van der Waals surface area contributed by atoms with Crippen molar-refractivity contribution in [2.24, 2.45) is 22.7 Å². The highest BCUT2D eigenvalue weighted by atomic mass is 16.4. The van der Waals surface area contributed by atoms with Crippen LogP contribution in [0.1, 0.15) is 96.0 Å². The first-order valence-electron chi connectivity index (χ1n) is 14.1. The maximum atomic E-state index is 12.4. The van der Waals surface area contributed by atoms with Crippen molar-refractivity contribution in [2.45, 2.75) is 114 Å². The molecule has 6 rings (SSSR count). The van der Waals surface area contributed by atoms with Gasteiger partial charge in [0.15, 0.2) is 0 Å². The second-order valence-electron chi connectivity index (χ2n) is 13.2. The number of fused-ring (bicyclic) bond motifs is 5. The summed E-state index contributed by atoms with van der Waals surface area (Å²) in [5.41, 5.74) is -1.19. The van der Waals surface area contributed by atoms with Crippen LogP contribution in [0.4, 0.5) is 0 Å². The zero-order chi connectivity index (χ0) is 24.6. The standard InChI is InChI=1S/C29H43NO5/c1-26-11-7-20(30-15-3-4-21(30)17-31)16-28(26,33)13-9-24-23(26)8-12-27(2)22(10-14-29(24,27)34)19-5-6-25(32)35-18-19/h5-6,18,20-24,31,33-34H,3-4,7-17H2,1-2H3/t20-,21+,22+,23-,24+,26+,27+,28-,29-/m0/s1. The summed E-state index contributed by atoms with van der Waals surface area (Å²) in [7, 11) is 0. The Bertz CT molecular complexity index is 1010. The minimum absolute atomic E-state index is 0.185. The summed E-state index contributed by atoms with van der Waals surface area (Å²) in [5.74, 6) is 0.702. The number of aliphatic hydroxyl groups is 3. The van der Waals surface area contributed by atoms with Gasteiger partial charge < -0.3 is 19.7 Å². The minimum Gasteiger partial charge on any atom is -0.431 e. The first-order valence-corrected chi connectivity index (χ1v) is 14.1. The van der Waals surface area contributed by atoms with Crippen molar-refractivity contribution in [3.63, 3.8) is 0 Å². The molecule has 0 amide bonds. The minimum atomic E-state index is -0.755. The second-order valence-corrected chi connectivity index (χ2v) is 13.2. The molecule has 1 aliphatic heterocycles. The Morgan fingerprint density at radius 1 is 0.971 bits per heavy atom. The van der Waals surface area contributed by atoms with Crippen LogP contribution in [-0.2, 0) is 0 Å². The summed E-state index contributed by atoms with van der Waals surface area (Å²) in [6.07, 6.45) is 11.9. The third kappa shape index (κ3) is 3.25. The van der Waals surface area contributed by atoms with E-state index < -0.39 is 11.2 Å². The highest BCUT2D eigenvalue weighted by Crippen LogP contribution is 2.71. The van der Waals surface area contributed by atoms with Crippen molar-refractivity contribution in [3.8, 4) is 0 Å². The quantitative estimate of drug-likeness (QED) is 0.603. The lowest BCUT2D eigenvalue weighted by molar-refractivity contribution is -0.251. The molecule has 5 aliphatic rings. The molecule has 3 N–H and O–H groups in total. The molecule has 4 saturated carbocycles. The lowest BCUT2D eigenvalue weighted by atomic mass is 9.41. The smallest absolute Gasteiger partial charge is 0.335 e. The van der Waals surface area contributed by atoms with Gasteiger partial charge in [-0.3, -0.25) is 4.90 Å². The van der Waals surface area contributed by atoms with Crippen LogP contribution in [0.25, 0.3) is 0 Å². The van der Waals surface area contributed by atoms with Crippen LogP contribution in [0.5, 0.6) is 0 Å². The molecular formula is C29H43NO5. The van der Waals surface area contributed by atoms with Crippen LogP contribution in [0.2, 0.25) is 0 Å². The fourth-order valence-corrected chi connectivity index (χ4v) is 10.1. The van der Waals surface area contributed by atoms with Crippen LogP contribution < -0.4 is 5.63 Å². The van der Waals surface area contributed by atoms with Gasteiger partial charge in [0.2, 0.25) is 0 Å². The number of likely N-dealkylation sites (tertiary alicyclic amines) is 1. The third-order valence-corrected chi connectivity index (χ3v) is 12.2. The lowest BCUT2D eigenvalue weighted by Gasteiger charge is -2.66. The number of nitrogens with zero attached hydrogens (tertiary/aromatic N) is 1. The molecule has 6 heteroatoms. The third-order valence-electron chi connectivity index (χ3n) is 12.2. The summed E-state index contributed by atoms with van der Waals surface area (Å²) < 4.78 is 5.21. The van der Waals surface area contributed by atoms with Gasteiger partial charge in [-0.25, -0.2) is 4.79 Å². The number of aliphatic hydroxyl groups excluding tert-OH is 1. The monoisotopic (exact) mass is 485 g/mol. The molecule has 2 heterocycles. The van der Waals surface area contributed by atoms with Crippen molar-refractivity contribution in [2.75, 3.05) is 13.2 Å². The van der Waals surface area contributed by atoms with E-state index >= 15 is 0 Å². The fourth-order valence-electron chi connectivity index (χ4n) is 10.1. The van der Waals surface area contributed by atoms with Crippen LogP contribution in [0, 0.1) is 22.7 Å². The van der Waals surface area contributed by atoms with E-state index in [4.69, 9.17) is 4.42 Å². The zero-order valence-corrected chi connectivity index (χ0v) is 21.4. The fraction of sp³-hybridized carbons (Fsp3) is 0.828. The summed E-state index contributed by atoms with van der Waals surface area (Å²) >= 11 is 0. The van der Waals surface area contributed by atoms with E-state index in [1.165, 1.54) is 6.07 Å². The molecule has 0 aromatic carbocycles. The number of hydrogen-bond donors (Lipinski definition) is 3. The Morgan fingerprint density at radius 3 is 2.49 bits per heavy atom. The van der Waals surface area contributed by atoms with Crippen molar-refractivity contribution < 1.29 is 19.7 Å². The molecule has 35 heavy (non-hydrogen) atoms. The molecule has 6 nitrogen and oxygen atoms in total. The Labute approximate surface area is 208 Å². The maximum absolute atomic E-state index is 12.4. The molecule has 1 saturated heterocycles. The van der Waals surface area contributed by atoms with Gasteiger partial charge in [0.25, 0.3) is 0 Å². The predicted molar refractivity (Wildman–Crippen MR) is 133 cm³/mol. The highest BCUT2D eigenvalue weighted by Gasteiger charge is 2.70. The van der Waals surface area contributed by atoms with E-state index in [1.54, 1.807) is 6.26 Å². The van der Waals surface area contributed by atoms with Gasteiger partial charge >= 0.3 is 5.63 Å². The molecule has 9 atom stereocenters. The molecule has 0 spiro atoms. The summed E-state index contributed by atoms with van der Waals surface area (Å²) in [6, 6.07) is 3.99. The number of rotatable bonds is 3. The topological polar surface area (TPSA) is 94.1 Å². The van der Waals surface area contributed by atoms with E-state index in [0.717, 1.165) is 82.7 Å². The van der Waals surface area contributed by atoms with E-state index in [1.807, 2.05) is 6.07 Å². The van der Waals surface area contributed by atoms with Gasteiger partial charge in [0.05, 0.1) is 24.1 Å². The Kier molecular flexibility index (Phi) is 5.62. The molecule has 1 aromatic rings. The molecule has 194 valence electrons. The molecule has 0 unspecified atom stereocenters. The van der Waals surface area contributed by atoms with Gasteiger partial charge in [-0.2, -0.15) is 0 Å². The van der Waals surface area contributed by atoms with Crippen molar-refractivity contribution in [1.82, 2.24) is 4.90 Å². The molecule has 5 fully saturated rings. The van der Waals surface area contributed by atoms with Crippen LogP contribution in [0.3, 0.4) is 0 Å². The first kappa shape index (κ1) is 24.1. The van der Waals surface area contributed by atoms with Gasteiger partial charge in [-0.1, -0.05) is 13.8 Å². The summed E-state index contributed by atoms with van der Waals surface area (Å²) in [4.78, 5) is 14.0. The molecule has 1 aromatic heterocycles. The van der Waals surface area contributed by atoms with Crippen LogP contribution in [0.15, 0.2) is 27.6 Å². The van der Waals surface area contributed by atoms with Gasteiger partial charge in [-0.15, -0.1) is 0 Å². The van der Waals surface area contributed by atoms with Crippen molar-refractivity contribution >= 4 is 0 Å². The molecule has 0 radical (unpaired) electrons. The maximum Gasteiger partial charge on any atom is 0.335 e. The van der Waals surface area contributed by atoms with Crippen LogP contribution >= 0.6 is 0 Å². The van der Waals surface area contributed by atoms with E-state index in [0.29, 0.717) is 12.0 Å². The Balaban J connectivity index is 1.27. The first-order chi connectivity index (χ1) is 16.7. The molecular weight excluding hydrogens is 442 g/mol. The second kappa shape index (κ2) is 8.14. The Hall–Kier alpha value is -1.21. The van der Waals surface area contributed by atoms with Gasteiger partial charge in [-0.05, 0) is 112 Å². The Morgan fingerprint density at radius 2 is 1.74 bits per heavy atom. The average molecular weight is 486 g/mol. The summed E-state index contributed by atoms with van der Waals surface area (Å²) in [6.45, 7) is 5.83.